The summed E-state index contributed by atoms with van der Waals surface area (Å²) >= 11 is 0. The van der Waals surface area contributed by atoms with E-state index in [2.05, 4.69) is 4.72 Å². The van der Waals surface area contributed by atoms with Gasteiger partial charge < -0.3 is 5.11 Å². The van der Waals surface area contributed by atoms with Gasteiger partial charge in [0.2, 0.25) is 10.0 Å². The van der Waals surface area contributed by atoms with Crippen molar-refractivity contribution in [3.8, 4) is 0 Å². The van der Waals surface area contributed by atoms with Gasteiger partial charge in [0, 0.05) is 13.0 Å². The quantitative estimate of drug-likeness (QED) is 0.566. The Kier molecular flexibility index (Phi) is 9.01. The molecule has 0 amide bonds. The van der Waals surface area contributed by atoms with E-state index < -0.39 is 16.0 Å². The van der Waals surface area contributed by atoms with Crippen LogP contribution in [0, 0.1) is 5.92 Å². The first kappa shape index (κ1) is 17.4. The van der Waals surface area contributed by atoms with Gasteiger partial charge in [-0.3, -0.25) is 4.79 Å². The SMILES string of the molecule is CC(C)CCS(=O)(=O)NCCCCCCC(=O)O. The molecule has 0 heterocycles. The maximum Gasteiger partial charge on any atom is 0.303 e. The molecule has 0 bridgehead atoms. The van der Waals surface area contributed by atoms with Crippen molar-refractivity contribution in [3.05, 3.63) is 0 Å². The highest BCUT2D eigenvalue weighted by Crippen LogP contribution is 2.04. The molecule has 0 saturated heterocycles. The van der Waals surface area contributed by atoms with Crippen molar-refractivity contribution in [3.63, 3.8) is 0 Å². The average Bonchev–Trinajstić information content (AvgIpc) is 2.25. The number of sulfonamides is 1. The van der Waals surface area contributed by atoms with Crippen LogP contribution in [0.3, 0.4) is 0 Å². The zero-order valence-corrected chi connectivity index (χ0v) is 12.1. The molecule has 0 aliphatic carbocycles. The molecule has 0 fully saturated rings. The molecule has 2 N–H and O–H groups in total. The summed E-state index contributed by atoms with van der Waals surface area (Å²) in [7, 11) is -3.13. The van der Waals surface area contributed by atoms with Crippen molar-refractivity contribution in [1.82, 2.24) is 4.72 Å². The van der Waals surface area contributed by atoms with E-state index in [4.69, 9.17) is 5.11 Å². The van der Waals surface area contributed by atoms with Gasteiger partial charge in [0.05, 0.1) is 5.75 Å². The van der Waals surface area contributed by atoms with Gasteiger partial charge in [-0.05, 0) is 25.2 Å². The number of hydrogen-bond donors (Lipinski definition) is 2. The third-order valence-electron chi connectivity index (χ3n) is 2.60. The summed E-state index contributed by atoms with van der Waals surface area (Å²) in [6.45, 7) is 4.45. The van der Waals surface area contributed by atoms with Gasteiger partial charge in [-0.1, -0.05) is 26.7 Å². The molecule has 0 saturated carbocycles. The number of nitrogens with one attached hydrogen (secondary N) is 1. The van der Waals surface area contributed by atoms with Crippen LogP contribution in [0.15, 0.2) is 0 Å². The molecule has 0 aliphatic heterocycles. The van der Waals surface area contributed by atoms with Crippen LogP contribution in [0.2, 0.25) is 0 Å². The van der Waals surface area contributed by atoms with Crippen LogP contribution in [0.5, 0.6) is 0 Å². The van der Waals surface area contributed by atoms with Gasteiger partial charge in [-0.2, -0.15) is 0 Å². The lowest BCUT2D eigenvalue weighted by Gasteiger charge is -2.08. The maximum atomic E-state index is 11.5. The highest BCUT2D eigenvalue weighted by atomic mass is 32.2. The van der Waals surface area contributed by atoms with E-state index in [0.29, 0.717) is 25.3 Å². The van der Waals surface area contributed by atoms with Crippen LogP contribution >= 0.6 is 0 Å². The molecule has 0 aliphatic rings. The standard InChI is InChI=1S/C12H25NO4S/c1-11(2)8-10-18(16,17)13-9-6-4-3-5-7-12(14)15/h11,13H,3-10H2,1-2H3,(H,14,15). The fourth-order valence-corrected chi connectivity index (χ4v) is 2.83. The third kappa shape index (κ3) is 11.9. The van der Waals surface area contributed by atoms with Crippen LogP contribution in [-0.2, 0) is 14.8 Å². The summed E-state index contributed by atoms with van der Waals surface area (Å²) in [6, 6.07) is 0. The molecule has 0 aromatic carbocycles. The van der Waals surface area contributed by atoms with Crippen molar-refractivity contribution in [2.45, 2.75) is 52.4 Å². The summed E-state index contributed by atoms with van der Waals surface area (Å²) in [5.41, 5.74) is 0. The summed E-state index contributed by atoms with van der Waals surface area (Å²) in [4.78, 5) is 10.3. The zero-order chi connectivity index (χ0) is 14.0. The molecule has 0 aromatic rings. The second-order valence-corrected chi connectivity index (χ2v) is 6.88. The van der Waals surface area contributed by atoms with E-state index >= 15 is 0 Å². The third-order valence-corrected chi connectivity index (χ3v) is 4.02. The van der Waals surface area contributed by atoms with Gasteiger partial charge in [0.15, 0.2) is 0 Å². The summed E-state index contributed by atoms with van der Waals surface area (Å²) < 4.78 is 25.6. The predicted octanol–water partition coefficient (Wildman–Crippen LogP) is 1.99. The van der Waals surface area contributed by atoms with E-state index in [-0.39, 0.29) is 12.2 Å². The summed E-state index contributed by atoms with van der Waals surface area (Å²) in [5, 5.41) is 8.44. The van der Waals surface area contributed by atoms with Crippen molar-refractivity contribution in [2.24, 2.45) is 5.92 Å². The molecule has 5 nitrogen and oxygen atoms in total. The second kappa shape index (κ2) is 9.33. The number of hydrogen-bond acceptors (Lipinski definition) is 3. The normalized spacial score (nSPS) is 11.9. The first-order valence-electron chi connectivity index (χ1n) is 6.52. The Hall–Kier alpha value is -0.620. The second-order valence-electron chi connectivity index (χ2n) is 4.95. The van der Waals surface area contributed by atoms with Crippen molar-refractivity contribution >= 4 is 16.0 Å². The minimum absolute atomic E-state index is 0.184. The van der Waals surface area contributed by atoms with Gasteiger partial charge in [0.1, 0.15) is 0 Å². The molecule has 0 unspecified atom stereocenters. The number of aliphatic carboxylic acids is 1. The predicted molar refractivity (Wildman–Crippen MR) is 72.0 cm³/mol. The van der Waals surface area contributed by atoms with E-state index in [1.54, 1.807) is 0 Å². The molecular formula is C12H25NO4S. The molecular weight excluding hydrogens is 254 g/mol. The molecule has 18 heavy (non-hydrogen) atoms. The Balaban J connectivity index is 3.50. The Morgan fingerprint density at radius 3 is 2.33 bits per heavy atom. The molecule has 108 valence electrons. The van der Waals surface area contributed by atoms with E-state index in [9.17, 15) is 13.2 Å². The van der Waals surface area contributed by atoms with Crippen molar-refractivity contribution in [1.29, 1.82) is 0 Å². The van der Waals surface area contributed by atoms with Crippen LogP contribution in [-0.4, -0.2) is 31.8 Å². The minimum Gasteiger partial charge on any atom is -0.481 e. The van der Waals surface area contributed by atoms with Crippen LogP contribution in [0.1, 0.15) is 52.4 Å². The van der Waals surface area contributed by atoms with Crippen molar-refractivity contribution < 1.29 is 18.3 Å². The lowest BCUT2D eigenvalue weighted by Crippen LogP contribution is -2.27. The first-order chi connectivity index (χ1) is 8.33. The Bertz CT molecular complexity index is 325. The fraction of sp³-hybridized carbons (Fsp3) is 0.917. The highest BCUT2D eigenvalue weighted by Gasteiger charge is 2.09. The van der Waals surface area contributed by atoms with Crippen LogP contribution in [0.4, 0.5) is 0 Å². The summed E-state index contributed by atoms with van der Waals surface area (Å²) in [6.07, 6.45) is 3.99. The van der Waals surface area contributed by atoms with Gasteiger partial charge >= 0.3 is 5.97 Å². The topological polar surface area (TPSA) is 83.5 Å². The summed E-state index contributed by atoms with van der Waals surface area (Å²) in [5.74, 6) is -0.203. The molecule has 0 atom stereocenters. The number of rotatable bonds is 11. The smallest absolute Gasteiger partial charge is 0.303 e. The molecule has 0 spiro atoms. The lowest BCUT2D eigenvalue weighted by molar-refractivity contribution is -0.137. The van der Waals surface area contributed by atoms with Gasteiger partial charge in [-0.25, -0.2) is 13.1 Å². The van der Waals surface area contributed by atoms with Crippen molar-refractivity contribution in [2.75, 3.05) is 12.3 Å². The molecule has 0 radical (unpaired) electrons. The number of carboxylic acid groups (broad SMARTS) is 1. The number of unbranched alkanes of at least 4 members (excludes halogenated alkanes) is 3. The Morgan fingerprint density at radius 2 is 1.78 bits per heavy atom. The Morgan fingerprint density at radius 1 is 1.17 bits per heavy atom. The molecule has 6 heteroatoms. The van der Waals surface area contributed by atoms with Crippen LogP contribution in [0.25, 0.3) is 0 Å². The zero-order valence-electron chi connectivity index (χ0n) is 11.3. The largest absolute Gasteiger partial charge is 0.481 e. The Labute approximate surface area is 110 Å². The van der Waals surface area contributed by atoms with Gasteiger partial charge in [0.25, 0.3) is 0 Å². The molecule has 0 aromatic heterocycles. The number of carboxylic acids is 1. The van der Waals surface area contributed by atoms with Gasteiger partial charge in [-0.15, -0.1) is 0 Å². The van der Waals surface area contributed by atoms with E-state index in [0.717, 1.165) is 19.3 Å². The van der Waals surface area contributed by atoms with Crippen LogP contribution < -0.4 is 4.72 Å². The minimum atomic E-state index is -3.13. The molecule has 0 rings (SSSR count). The van der Waals surface area contributed by atoms with E-state index in [1.165, 1.54) is 0 Å². The average molecular weight is 279 g/mol. The number of carbonyl (C=O) groups is 1. The van der Waals surface area contributed by atoms with E-state index in [1.807, 2.05) is 13.8 Å². The highest BCUT2D eigenvalue weighted by molar-refractivity contribution is 7.89. The first-order valence-corrected chi connectivity index (χ1v) is 8.18. The monoisotopic (exact) mass is 279 g/mol. The lowest BCUT2D eigenvalue weighted by atomic mass is 10.1. The fourth-order valence-electron chi connectivity index (χ4n) is 1.45. The maximum absolute atomic E-state index is 11.5.